The van der Waals surface area contributed by atoms with Crippen LogP contribution in [-0.4, -0.2) is 29.5 Å². The standard InChI is InChI=1S/C11H13NO2/c1-12-6-2-3-8-7-9(13)4-5-10(8)11(12)14/h4-5,7,13H,2-3,6H2,1H3. The monoisotopic (exact) mass is 191 g/mol. The summed E-state index contributed by atoms with van der Waals surface area (Å²) in [6.07, 6.45) is 1.82. The van der Waals surface area contributed by atoms with Gasteiger partial charge in [0, 0.05) is 19.2 Å². The number of hydrogen-bond acceptors (Lipinski definition) is 2. The Morgan fingerprint density at radius 1 is 1.43 bits per heavy atom. The Morgan fingerprint density at radius 3 is 3.00 bits per heavy atom. The van der Waals surface area contributed by atoms with Crippen LogP contribution in [0, 0.1) is 0 Å². The molecule has 0 aromatic heterocycles. The first-order valence-corrected chi connectivity index (χ1v) is 4.76. The molecular formula is C11H13NO2. The van der Waals surface area contributed by atoms with Crippen molar-refractivity contribution in [3.63, 3.8) is 0 Å². The van der Waals surface area contributed by atoms with E-state index in [1.807, 2.05) is 7.05 Å². The summed E-state index contributed by atoms with van der Waals surface area (Å²) in [7, 11) is 1.81. The van der Waals surface area contributed by atoms with Crippen molar-refractivity contribution in [3.05, 3.63) is 29.3 Å². The number of carbonyl (C=O) groups is 1. The third-order valence-electron chi connectivity index (χ3n) is 2.61. The average molecular weight is 191 g/mol. The van der Waals surface area contributed by atoms with Gasteiger partial charge in [-0.25, -0.2) is 0 Å². The third kappa shape index (κ3) is 1.45. The first-order chi connectivity index (χ1) is 6.68. The minimum Gasteiger partial charge on any atom is -0.508 e. The zero-order chi connectivity index (χ0) is 10.1. The molecule has 1 heterocycles. The van der Waals surface area contributed by atoms with Gasteiger partial charge in [0.05, 0.1) is 0 Å². The highest BCUT2D eigenvalue weighted by Crippen LogP contribution is 2.22. The number of aromatic hydroxyl groups is 1. The second-order valence-electron chi connectivity index (χ2n) is 3.67. The van der Waals surface area contributed by atoms with Crippen LogP contribution in [0.25, 0.3) is 0 Å². The molecule has 1 aliphatic heterocycles. The number of nitrogens with zero attached hydrogens (tertiary/aromatic N) is 1. The number of hydrogen-bond donors (Lipinski definition) is 1. The highest BCUT2D eigenvalue weighted by molar-refractivity contribution is 5.96. The van der Waals surface area contributed by atoms with Crippen LogP contribution in [0.3, 0.4) is 0 Å². The Balaban J connectivity index is 2.48. The van der Waals surface area contributed by atoms with E-state index in [2.05, 4.69) is 0 Å². The molecule has 0 saturated carbocycles. The van der Waals surface area contributed by atoms with E-state index in [-0.39, 0.29) is 11.7 Å². The SMILES string of the molecule is CN1CCCc2cc(O)ccc2C1=O. The van der Waals surface area contributed by atoms with Gasteiger partial charge in [-0.05, 0) is 36.6 Å². The molecule has 1 amide bonds. The first-order valence-electron chi connectivity index (χ1n) is 4.76. The molecule has 1 N–H and O–H groups in total. The van der Waals surface area contributed by atoms with E-state index in [0.717, 1.165) is 30.5 Å². The predicted octanol–water partition coefficient (Wildman–Crippen LogP) is 1.41. The van der Waals surface area contributed by atoms with Crippen molar-refractivity contribution in [2.24, 2.45) is 0 Å². The van der Waals surface area contributed by atoms with E-state index in [0.29, 0.717) is 0 Å². The van der Waals surface area contributed by atoms with Crippen LogP contribution in [0.5, 0.6) is 5.75 Å². The van der Waals surface area contributed by atoms with Crippen LogP contribution >= 0.6 is 0 Å². The summed E-state index contributed by atoms with van der Waals surface area (Å²) in [6, 6.07) is 4.96. The van der Waals surface area contributed by atoms with Gasteiger partial charge < -0.3 is 10.0 Å². The fourth-order valence-electron chi connectivity index (χ4n) is 1.81. The second-order valence-corrected chi connectivity index (χ2v) is 3.67. The molecule has 0 bridgehead atoms. The summed E-state index contributed by atoms with van der Waals surface area (Å²) < 4.78 is 0. The highest BCUT2D eigenvalue weighted by atomic mass is 16.3. The van der Waals surface area contributed by atoms with Gasteiger partial charge in [-0.15, -0.1) is 0 Å². The van der Waals surface area contributed by atoms with E-state index in [4.69, 9.17) is 0 Å². The van der Waals surface area contributed by atoms with Crippen molar-refractivity contribution < 1.29 is 9.90 Å². The lowest BCUT2D eigenvalue weighted by molar-refractivity contribution is 0.0800. The number of carbonyl (C=O) groups excluding carboxylic acids is 1. The number of fused-ring (bicyclic) bond motifs is 1. The molecule has 0 unspecified atom stereocenters. The molecule has 74 valence electrons. The fraction of sp³-hybridized carbons (Fsp3) is 0.364. The predicted molar refractivity (Wildman–Crippen MR) is 53.4 cm³/mol. The zero-order valence-corrected chi connectivity index (χ0v) is 8.16. The van der Waals surface area contributed by atoms with Gasteiger partial charge in [-0.1, -0.05) is 0 Å². The minimum absolute atomic E-state index is 0.0532. The molecule has 0 saturated heterocycles. The van der Waals surface area contributed by atoms with E-state index in [1.165, 1.54) is 0 Å². The largest absolute Gasteiger partial charge is 0.508 e. The quantitative estimate of drug-likeness (QED) is 0.673. The van der Waals surface area contributed by atoms with Gasteiger partial charge in [0.15, 0.2) is 0 Å². The molecule has 3 heteroatoms. The van der Waals surface area contributed by atoms with E-state index < -0.39 is 0 Å². The molecule has 1 aliphatic rings. The maximum atomic E-state index is 11.8. The van der Waals surface area contributed by atoms with Crippen LogP contribution in [0.4, 0.5) is 0 Å². The van der Waals surface area contributed by atoms with E-state index >= 15 is 0 Å². The van der Waals surface area contributed by atoms with Crippen molar-refractivity contribution in [1.29, 1.82) is 0 Å². The topological polar surface area (TPSA) is 40.5 Å². The van der Waals surface area contributed by atoms with Crippen LogP contribution in [-0.2, 0) is 6.42 Å². The van der Waals surface area contributed by atoms with Crippen LogP contribution in [0.1, 0.15) is 22.3 Å². The Hall–Kier alpha value is -1.51. The van der Waals surface area contributed by atoms with Gasteiger partial charge in [0.2, 0.25) is 0 Å². The number of benzene rings is 1. The lowest BCUT2D eigenvalue weighted by atomic mass is 10.0. The maximum Gasteiger partial charge on any atom is 0.253 e. The molecule has 2 rings (SSSR count). The Morgan fingerprint density at radius 2 is 2.21 bits per heavy atom. The summed E-state index contributed by atoms with van der Waals surface area (Å²) in [6.45, 7) is 0.786. The minimum atomic E-state index is 0.0532. The van der Waals surface area contributed by atoms with Crippen molar-refractivity contribution in [1.82, 2.24) is 4.90 Å². The smallest absolute Gasteiger partial charge is 0.253 e. The van der Waals surface area contributed by atoms with Gasteiger partial charge in [-0.3, -0.25) is 4.79 Å². The van der Waals surface area contributed by atoms with Gasteiger partial charge in [0.25, 0.3) is 5.91 Å². The van der Waals surface area contributed by atoms with Gasteiger partial charge in [-0.2, -0.15) is 0 Å². The average Bonchev–Trinajstić information content (AvgIpc) is 2.28. The first kappa shape index (κ1) is 9.06. The number of amides is 1. The normalized spacial score (nSPS) is 16.4. The van der Waals surface area contributed by atoms with Crippen molar-refractivity contribution in [2.45, 2.75) is 12.8 Å². The van der Waals surface area contributed by atoms with E-state index in [9.17, 15) is 9.90 Å². The van der Waals surface area contributed by atoms with Crippen LogP contribution < -0.4 is 0 Å². The number of phenolic OH excluding ortho intramolecular Hbond substituents is 1. The molecule has 14 heavy (non-hydrogen) atoms. The number of aryl methyl sites for hydroxylation is 1. The Kier molecular flexibility index (Phi) is 2.15. The van der Waals surface area contributed by atoms with Crippen LogP contribution in [0.2, 0.25) is 0 Å². The number of phenols is 1. The lowest BCUT2D eigenvalue weighted by Gasteiger charge is -2.13. The molecule has 0 atom stereocenters. The molecule has 0 spiro atoms. The summed E-state index contributed by atoms with van der Waals surface area (Å²) in [5, 5.41) is 9.31. The van der Waals surface area contributed by atoms with E-state index in [1.54, 1.807) is 23.1 Å². The molecule has 1 aromatic carbocycles. The third-order valence-corrected chi connectivity index (χ3v) is 2.61. The van der Waals surface area contributed by atoms with Crippen molar-refractivity contribution in [2.75, 3.05) is 13.6 Å². The second kappa shape index (κ2) is 3.33. The Bertz CT molecular complexity index is 374. The number of rotatable bonds is 0. The summed E-state index contributed by atoms with van der Waals surface area (Å²) in [5.41, 5.74) is 1.68. The van der Waals surface area contributed by atoms with Gasteiger partial charge in [0.1, 0.15) is 5.75 Å². The molecule has 0 aliphatic carbocycles. The Labute approximate surface area is 83.0 Å². The summed E-state index contributed by atoms with van der Waals surface area (Å²) >= 11 is 0. The van der Waals surface area contributed by atoms with Crippen molar-refractivity contribution in [3.8, 4) is 5.75 Å². The lowest BCUT2D eigenvalue weighted by Crippen LogP contribution is -2.26. The molecule has 0 radical (unpaired) electrons. The molecule has 3 nitrogen and oxygen atoms in total. The van der Waals surface area contributed by atoms with Crippen molar-refractivity contribution >= 4 is 5.91 Å². The fourth-order valence-corrected chi connectivity index (χ4v) is 1.81. The molecule has 0 fully saturated rings. The maximum absolute atomic E-state index is 11.8. The van der Waals surface area contributed by atoms with Crippen LogP contribution in [0.15, 0.2) is 18.2 Å². The highest BCUT2D eigenvalue weighted by Gasteiger charge is 2.19. The molecule has 1 aromatic rings. The zero-order valence-electron chi connectivity index (χ0n) is 8.16. The molecular weight excluding hydrogens is 178 g/mol. The summed E-state index contributed by atoms with van der Waals surface area (Å²) in [5.74, 6) is 0.290. The van der Waals surface area contributed by atoms with Gasteiger partial charge >= 0.3 is 0 Å². The summed E-state index contributed by atoms with van der Waals surface area (Å²) in [4.78, 5) is 13.5.